The molecule has 0 radical (unpaired) electrons. The first-order chi connectivity index (χ1) is 10.0. The van der Waals surface area contributed by atoms with Gasteiger partial charge in [0, 0.05) is 22.0 Å². The van der Waals surface area contributed by atoms with E-state index in [1.807, 2.05) is 19.9 Å². The minimum absolute atomic E-state index is 0.200. The quantitative estimate of drug-likeness (QED) is 0.802. The van der Waals surface area contributed by atoms with Crippen molar-refractivity contribution in [2.24, 2.45) is 0 Å². The molecular weight excluding hydrogens is 289 g/mol. The Morgan fingerprint density at radius 1 is 1.33 bits per heavy atom. The summed E-state index contributed by atoms with van der Waals surface area (Å²) in [6.45, 7) is 4.04. The number of benzene rings is 1. The first kappa shape index (κ1) is 14.2. The molecule has 1 atom stereocenters. The molecule has 6 heteroatoms. The predicted octanol–water partition coefficient (Wildman–Crippen LogP) is 3.49. The molecule has 0 bridgehead atoms. The number of thiophene rings is 1. The molecule has 21 heavy (non-hydrogen) atoms. The Hall–Kier alpha value is -1.79. The third-order valence-electron chi connectivity index (χ3n) is 3.34. The Morgan fingerprint density at radius 3 is 2.90 bits per heavy atom. The van der Waals surface area contributed by atoms with Crippen LogP contribution in [0.5, 0.6) is 0 Å². The van der Waals surface area contributed by atoms with E-state index in [9.17, 15) is 9.50 Å². The number of hydrogen-bond acceptors (Lipinski definition) is 4. The summed E-state index contributed by atoms with van der Waals surface area (Å²) in [5.74, 6) is 0.488. The first-order valence-corrected chi connectivity index (χ1v) is 7.61. The summed E-state index contributed by atoms with van der Waals surface area (Å²) in [6, 6.07) is 6.70. The lowest BCUT2D eigenvalue weighted by Gasteiger charge is -2.12. The molecule has 0 spiro atoms. The zero-order chi connectivity index (χ0) is 15.0. The van der Waals surface area contributed by atoms with E-state index >= 15 is 0 Å². The summed E-state index contributed by atoms with van der Waals surface area (Å²) < 4.78 is 16.0. The topological polar surface area (TPSA) is 50.9 Å². The third kappa shape index (κ3) is 2.82. The van der Waals surface area contributed by atoms with Crippen LogP contribution in [0.25, 0.3) is 10.1 Å². The summed E-state index contributed by atoms with van der Waals surface area (Å²) in [6.07, 6.45) is 1.24. The zero-order valence-corrected chi connectivity index (χ0v) is 12.6. The van der Waals surface area contributed by atoms with Crippen molar-refractivity contribution >= 4 is 21.4 Å². The molecule has 0 saturated heterocycles. The molecule has 0 aliphatic rings. The largest absolute Gasteiger partial charge is 0.387 e. The second kappa shape index (κ2) is 5.54. The van der Waals surface area contributed by atoms with Crippen LogP contribution in [0.3, 0.4) is 0 Å². The highest BCUT2D eigenvalue weighted by Gasteiger charge is 2.17. The van der Waals surface area contributed by atoms with E-state index in [1.54, 1.807) is 10.7 Å². The minimum atomic E-state index is -0.660. The summed E-state index contributed by atoms with van der Waals surface area (Å²) >= 11 is 1.48. The maximum absolute atomic E-state index is 13.2. The van der Waals surface area contributed by atoms with Crippen molar-refractivity contribution in [3.8, 4) is 0 Å². The van der Waals surface area contributed by atoms with Crippen molar-refractivity contribution in [2.45, 2.75) is 32.4 Å². The molecule has 1 N–H and O–H groups in total. The summed E-state index contributed by atoms with van der Waals surface area (Å²) in [4.78, 5) is 5.02. The molecule has 1 aromatic carbocycles. The highest BCUT2D eigenvalue weighted by atomic mass is 32.1. The molecule has 110 valence electrons. The number of aliphatic hydroxyl groups excluding tert-OH is 1. The summed E-state index contributed by atoms with van der Waals surface area (Å²) in [5, 5.41) is 15.4. The molecule has 0 saturated carbocycles. The lowest BCUT2D eigenvalue weighted by molar-refractivity contribution is 0.177. The average Bonchev–Trinajstić information content (AvgIpc) is 3.04. The van der Waals surface area contributed by atoms with Gasteiger partial charge in [0.2, 0.25) is 0 Å². The van der Waals surface area contributed by atoms with Gasteiger partial charge in [-0.25, -0.2) is 14.1 Å². The van der Waals surface area contributed by atoms with Gasteiger partial charge in [0.05, 0.1) is 6.10 Å². The molecule has 1 unspecified atom stereocenters. The Kier molecular flexibility index (Phi) is 3.73. The third-order valence-corrected chi connectivity index (χ3v) is 4.56. The van der Waals surface area contributed by atoms with Crippen molar-refractivity contribution < 1.29 is 9.50 Å². The van der Waals surface area contributed by atoms with Gasteiger partial charge in [-0.2, -0.15) is 5.10 Å². The van der Waals surface area contributed by atoms with Crippen LogP contribution < -0.4 is 0 Å². The lowest BCUT2D eigenvalue weighted by atomic mass is 10.1. The minimum Gasteiger partial charge on any atom is -0.387 e. The number of aromatic nitrogens is 3. The fraction of sp³-hybridized carbons (Fsp3) is 0.333. The molecular formula is C15H16FN3OS. The van der Waals surface area contributed by atoms with Crippen LogP contribution in [0.4, 0.5) is 4.39 Å². The average molecular weight is 305 g/mol. The molecule has 0 fully saturated rings. The van der Waals surface area contributed by atoms with Gasteiger partial charge < -0.3 is 5.11 Å². The summed E-state index contributed by atoms with van der Waals surface area (Å²) in [5.41, 5.74) is 0. The van der Waals surface area contributed by atoms with Gasteiger partial charge in [-0.05, 0) is 43.5 Å². The molecule has 3 aromatic rings. The van der Waals surface area contributed by atoms with Crippen LogP contribution in [0.15, 0.2) is 30.6 Å². The molecule has 4 nitrogen and oxygen atoms in total. The summed E-state index contributed by atoms with van der Waals surface area (Å²) in [7, 11) is 0. The van der Waals surface area contributed by atoms with Crippen molar-refractivity contribution in [1.82, 2.24) is 14.8 Å². The number of nitrogens with zero attached hydrogens (tertiary/aromatic N) is 3. The zero-order valence-electron chi connectivity index (χ0n) is 11.8. The fourth-order valence-electron chi connectivity index (χ4n) is 2.32. The number of fused-ring (bicyclic) bond motifs is 1. The second-order valence-electron chi connectivity index (χ2n) is 5.27. The van der Waals surface area contributed by atoms with Crippen LogP contribution >= 0.6 is 11.3 Å². The molecule has 0 amide bonds. The normalized spacial score (nSPS) is 13.2. The number of halogens is 1. The van der Waals surface area contributed by atoms with Crippen molar-refractivity contribution in [2.75, 3.05) is 0 Å². The van der Waals surface area contributed by atoms with Gasteiger partial charge in [-0.1, -0.05) is 0 Å². The van der Waals surface area contributed by atoms with Gasteiger partial charge in [0.1, 0.15) is 18.0 Å². The van der Waals surface area contributed by atoms with Crippen LogP contribution in [0.1, 0.15) is 36.7 Å². The van der Waals surface area contributed by atoms with Gasteiger partial charge in [-0.3, -0.25) is 0 Å². The second-order valence-corrected chi connectivity index (χ2v) is 6.38. The number of aliphatic hydroxyl groups is 1. The van der Waals surface area contributed by atoms with Crippen molar-refractivity contribution in [3.63, 3.8) is 0 Å². The molecule has 2 aromatic heterocycles. The SMILES string of the molecule is CC(C)n1ncnc1CC(O)c1cc2cc(F)ccc2s1. The predicted molar refractivity (Wildman–Crippen MR) is 80.9 cm³/mol. The van der Waals surface area contributed by atoms with Gasteiger partial charge >= 0.3 is 0 Å². The standard InChI is InChI=1S/C15H16FN3OS/c1-9(2)19-15(17-8-18-19)7-12(20)14-6-10-5-11(16)3-4-13(10)21-14/h3-6,8-9,12,20H,7H2,1-2H3. The van der Waals surface area contributed by atoms with Gasteiger partial charge in [-0.15, -0.1) is 11.3 Å². The fourth-order valence-corrected chi connectivity index (χ4v) is 3.35. The molecule has 3 rings (SSSR count). The lowest BCUT2D eigenvalue weighted by Crippen LogP contribution is -2.11. The van der Waals surface area contributed by atoms with Crippen molar-refractivity contribution in [3.05, 3.63) is 47.1 Å². The smallest absolute Gasteiger partial charge is 0.138 e. The highest BCUT2D eigenvalue weighted by Crippen LogP contribution is 2.31. The maximum Gasteiger partial charge on any atom is 0.138 e. The first-order valence-electron chi connectivity index (χ1n) is 6.80. The van der Waals surface area contributed by atoms with Crippen molar-refractivity contribution in [1.29, 1.82) is 0 Å². The number of rotatable bonds is 4. The Labute approximate surface area is 125 Å². The monoisotopic (exact) mass is 305 g/mol. The van der Waals surface area contributed by atoms with E-state index in [2.05, 4.69) is 10.1 Å². The Balaban J connectivity index is 1.86. The van der Waals surface area contributed by atoms with E-state index in [4.69, 9.17) is 0 Å². The van der Waals surface area contributed by atoms with Gasteiger partial charge in [0.25, 0.3) is 0 Å². The molecule has 0 aliphatic carbocycles. The highest BCUT2D eigenvalue weighted by molar-refractivity contribution is 7.19. The van der Waals surface area contributed by atoms with E-state index in [0.29, 0.717) is 6.42 Å². The number of hydrogen-bond donors (Lipinski definition) is 1. The Morgan fingerprint density at radius 2 is 2.14 bits per heavy atom. The van der Waals surface area contributed by atoms with Crippen LogP contribution in [-0.4, -0.2) is 19.9 Å². The van der Waals surface area contributed by atoms with Crippen LogP contribution in [0.2, 0.25) is 0 Å². The van der Waals surface area contributed by atoms with Crippen LogP contribution in [-0.2, 0) is 6.42 Å². The van der Waals surface area contributed by atoms with Crippen LogP contribution in [0, 0.1) is 5.82 Å². The van der Waals surface area contributed by atoms with E-state index < -0.39 is 6.10 Å². The molecule has 0 aliphatic heterocycles. The Bertz CT molecular complexity index is 765. The van der Waals surface area contributed by atoms with E-state index in [-0.39, 0.29) is 11.9 Å². The molecule has 2 heterocycles. The van der Waals surface area contributed by atoms with E-state index in [1.165, 1.54) is 29.8 Å². The maximum atomic E-state index is 13.2. The van der Waals surface area contributed by atoms with E-state index in [0.717, 1.165) is 20.8 Å². The van der Waals surface area contributed by atoms with Gasteiger partial charge in [0.15, 0.2) is 0 Å².